The van der Waals surface area contributed by atoms with E-state index in [-0.39, 0.29) is 0 Å². The number of aromatic nitrogens is 2. The monoisotopic (exact) mass is 310 g/mol. The number of hydrogen-bond acceptors (Lipinski definition) is 3. The normalized spacial score (nSPS) is 10.6. The van der Waals surface area contributed by atoms with Crippen molar-refractivity contribution in [3.8, 4) is 5.75 Å². The van der Waals surface area contributed by atoms with Crippen LogP contribution < -0.4 is 15.4 Å². The number of carbonyl (C=O) groups excluding carboxylic acids is 1. The summed E-state index contributed by atoms with van der Waals surface area (Å²) >= 11 is 0. The summed E-state index contributed by atoms with van der Waals surface area (Å²) in [4.78, 5) is 11.8. The molecule has 0 fully saturated rings. The van der Waals surface area contributed by atoms with E-state index in [0.29, 0.717) is 22.7 Å². The Morgan fingerprint density at radius 3 is 2.73 bits per heavy atom. The minimum atomic E-state index is -2.55. The fourth-order valence-corrected chi connectivity index (χ4v) is 1.77. The molecule has 0 atom stereocenters. The summed E-state index contributed by atoms with van der Waals surface area (Å²) in [5, 5.41) is 9.13. The van der Waals surface area contributed by atoms with Gasteiger partial charge >= 0.3 is 6.03 Å². The fourth-order valence-electron chi connectivity index (χ4n) is 1.77. The highest BCUT2D eigenvalue weighted by molar-refractivity contribution is 5.99. The zero-order chi connectivity index (χ0) is 16.1. The first-order valence-corrected chi connectivity index (χ1v) is 6.52. The molecule has 2 aromatic rings. The number of alkyl halides is 2. The molecule has 0 radical (unpaired) electrons. The van der Waals surface area contributed by atoms with E-state index in [2.05, 4.69) is 15.7 Å². The maximum Gasteiger partial charge on any atom is 0.323 e. The number of anilines is 2. The summed E-state index contributed by atoms with van der Waals surface area (Å²) in [5.41, 5.74) is 1.69. The number of rotatable bonds is 5. The zero-order valence-corrected chi connectivity index (χ0v) is 12.1. The van der Waals surface area contributed by atoms with Crippen LogP contribution in [0.1, 0.15) is 5.56 Å². The number of carbonyl (C=O) groups is 1. The number of halogens is 2. The summed E-state index contributed by atoms with van der Waals surface area (Å²) in [7, 11) is 1.73. The van der Waals surface area contributed by atoms with Crippen molar-refractivity contribution in [2.75, 3.05) is 17.2 Å². The van der Waals surface area contributed by atoms with E-state index in [1.54, 1.807) is 37.0 Å². The number of nitrogens with one attached hydrogen (secondary N) is 2. The third-order valence-corrected chi connectivity index (χ3v) is 2.77. The molecule has 6 nitrogen and oxygen atoms in total. The van der Waals surface area contributed by atoms with Crippen molar-refractivity contribution in [3.63, 3.8) is 0 Å². The van der Waals surface area contributed by atoms with Gasteiger partial charge < -0.3 is 15.4 Å². The van der Waals surface area contributed by atoms with E-state index >= 15 is 0 Å². The molecular weight excluding hydrogens is 294 g/mol. The van der Waals surface area contributed by atoms with Gasteiger partial charge in [-0.05, 0) is 18.6 Å². The van der Waals surface area contributed by atoms with Crippen LogP contribution in [0.4, 0.5) is 25.0 Å². The number of aryl methyl sites for hydroxylation is 2. The summed E-state index contributed by atoms with van der Waals surface area (Å²) in [6.07, 6.45) is 0.600. The summed E-state index contributed by atoms with van der Waals surface area (Å²) in [6.45, 7) is 1.05. The van der Waals surface area contributed by atoms with Gasteiger partial charge in [0.1, 0.15) is 12.4 Å². The topological polar surface area (TPSA) is 68.2 Å². The summed E-state index contributed by atoms with van der Waals surface area (Å²) in [5.74, 6) is 0.305. The Morgan fingerprint density at radius 2 is 2.09 bits per heavy atom. The van der Waals surface area contributed by atoms with E-state index in [4.69, 9.17) is 4.74 Å². The predicted molar refractivity (Wildman–Crippen MR) is 78.5 cm³/mol. The van der Waals surface area contributed by atoms with Gasteiger partial charge in [0.15, 0.2) is 0 Å². The number of hydrogen-bond donors (Lipinski definition) is 2. The molecule has 1 aromatic carbocycles. The Morgan fingerprint density at radius 1 is 1.36 bits per heavy atom. The zero-order valence-electron chi connectivity index (χ0n) is 12.1. The van der Waals surface area contributed by atoms with Crippen molar-refractivity contribution >= 4 is 17.4 Å². The predicted octanol–water partition coefficient (Wildman–Crippen LogP) is 3.02. The molecule has 0 saturated carbocycles. The molecular formula is C14H16F2N4O2. The lowest BCUT2D eigenvalue weighted by molar-refractivity contribution is 0.0816. The molecule has 0 aliphatic carbocycles. The van der Waals surface area contributed by atoms with Gasteiger partial charge in [0.25, 0.3) is 6.43 Å². The minimum Gasteiger partial charge on any atom is -0.487 e. The van der Waals surface area contributed by atoms with Gasteiger partial charge in [-0.25, -0.2) is 13.6 Å². The quantitative estimate of drug-likeness (QED) is 0.892. The Bertz CT molecular complexity index is 658. The molecule has 0 aliphatic rings. The largest absolute Gasteiger partial charge is 0.487 e. The van der Waals surface area contributed by atoms with Crippen molar-refractivity contribution < 1.29 is 18.3 Å². The maximum atomic E-state index is 12.2. The molecule has 22 heavy (non-hydrogen) atoms. The first kappa shape index (κ1) is 15.7. The Kier molecular flexibility index (Phi) is 4.92. The Hall–Kier alpha value is -2.64. The lowest BCUT2D eigenvalue weighted by Gasteiger charge is -2.11. The average Bonchev–Trinajstić information content (AvgIpc) is 2.84. The van der Waals surface area contributed by atoms with Crippen LogP contribution in [0.5, 0.6) is 5.75 Å². The summed E-state index contributed by atoms with van der Waals surface area (Å²) < 4.78 is 30.9. The van der Waals surface area contributed by atoms with E-state index in [9.17, 15) is 13.6 Å². The van der Waals surface area contributed by atoms with Gasteiger partial charge in [0.2, 0.25) is 0 Å². The second-order valence-electron chi connectivity index (χ2n) is 4.66. The maximum absolute atomic E-state index is 12.2. The molecule has 0 spiro atoms. The molecule has 0 bridgehead atoms. The third kappa shape index (κ3) is 4.44. The van der Waals surface area contributed by atoms with E-state index in [1.165, 1.54) is 12.3 Å². The number of benzene rings is 1. The van der Waals surface area contributed by atoms with Gasteiger partial charge in [-0.1, -0.05) is 6.07 Å². The standard InChI is InChI=1S/C14H16F2N4O2/c1-9-3-4-10(5-12(9)22-8-13(15)16)18-14(21)19-11-6-17-20(2)7-11/h3-7,13H,8H2,1-2H3,(H2,18,19,21). The Labute approximate surface area is 126 Å². The molecule has 2 rings (SSSR count). The van der Waals surface area contributed by atoms with Crippen LogP contribution in [0.25, 0.3) is 0 Å². The van der Waals surface area contributed by atoms with E-state index in [1.807, 2.05) is 0 Å². The number of urea groups is 1. The molecule has 1 aromatic heterocycles. The number of ether oxygens (including phenoxy) is 1. The minimum absolute atomic E-state index is 0.305. The van der Waals surface area contributed by atoms with Crippen LogP contribution in [0, 0.1) is 6.92 Å². The van der Waals surface area contributed by atoms with Crippen LogP contribution in [-0.4, -0.2) is 28.8 Å². The lowest BCUT2D eigenvalue weighted by Crippen LogP contribution is -2.19. The van der Waals surface area contributed by atoms with Crippen LogP contribution in [0.3, 0.4) is 0 Å². The number of nitrogens with zero attached hydrogens (tertiary/aromatic N) is 2. The number of amides is 2. The lowest BCUT2D eigenvalue weighted by atomic mass is 10.2. The molecule has 0 aliphatic heterocycles. The van der Waals surface area contributed by atoms with Crippen molar-refractivity contribution in [1.82, 2.24) is 9.78 Å². The summed E-state index contributed by atoms with van der Waals surface area (Å²) in [6, 6.07) is 4.38. The van der Waals surface area contributed by atoms with Crippen molar-refractivity contribution in [3.05, 3.63) is 36.2 Å². The molecule has 0 saturated heterocycles. The Balaban J connectivity index is 1.99. The SMILES string of the molecule is Cc1ccc(NC(=O)Nc2cnn(C)c2)cc1OCC(F)F. The van der Waals surface area contributed by atoms with Crippen molar-refractivity contribution in [2.45, 2.75) is 13.3 Å². The smallest absolute Gasteiger partial charge is 0.323 e. The van der Waals surface area contributed by atoms with Gasteiger partial charge in [-0.2, -0.15) is 5.10 Å². The van der Waals surface area contributed by atoms with Gasteiger partial charge in [-0.15, -0.1) is 0 Å². The highest BCUT2D eigenvalue weighted by Crippen LogP contribution is 2.23. The second kappa shape index (κ2) is 6.88. The first-order valence-electron chi connectivity index (χ1n) is 6.52. The van der Waals surface area contributed by atoms with E-state index < -0.39 is 19.1 Å². The van der Waals surface area contributed by atoms with Crippen molar-refractivity contribution in [2.24, 2.45) is 7.05 Å². The van der Waals surface area contributed by atoms with Gasteiger partial charge in [0.05, 0.1) is 11.9 Å². The molecule has 1 heterocycles. The van der Waals surface area contributed by atoms with Crippen LogP contribution >= 0.6 is 0 Å². The molecule has 0 unspecified atom stereocenters. The van der Waals surface area contributed by atoms with Crippen LogP contribution in [-0.2, 0) is 7.05 Å². The average molecular weight is 310 g/mol. The fraction of sp³-hybridized carbons (Fsp3) is 0.286. The van der Waals surface area contributed by atoms with Crippen LogP contribution in [0.15, 0.2) is 30.6 Å². The van der Waals surface area contributed by atoms with Gasteiger partial charge in [-0.3, -0.25) is 4.68 Å². The highest BCUT2D eigenvalue weighted by Gasteiger charge is 2.09. The first-order chi connectivity index (χ1) is 10.4. The third-order valence-electron chi connectivity index (χ3n) is 2.77. The van der Waals surface area contributed by atoms with E-state index in [0.717, 1.165) is 0 Å². The van der Waals surface area contributed by atoms with Gasteiger partial charge in [0, 0.05) is 25.0 Å². The second-order valence-corrected chi connectivity index (χ2v) is 4.66. The van der Waals surface area contributed by atoms with Crippen molar-refractivity contribution in [1.29, 1.82) is 0 Å². The molecule has 118 valence electrons. The highest BCUT2D eigenvalue weighted by atomic mass is 19.3. The molecule has 8 heteroatoms. The molecule has 2 N–H and O–H groups in total. The molecule has 2 amide bonds. The van der Waals surface area contributed by atoms with Crippen LogP contribution in [0.2, 0.25) is 0 Å².